The molecule has 0 radical (unpaired) electrons. The molecule has 1 saturated carbocycles. The minimum atomic E-state index is -0.262. The number of hydrogen-bond acceptors (Lipinski definition) is 3. The molecule has 2 heterocycles. The van der Waals surface area contributed by atoms with Gasteiger partial charge in [-0.1, -0.05) is 6.07 Å². The molecule has 1 aliphatic carbocycles. The van der Waals surface area contributed by atoms with Crippen LogP contribution in [0.15, 0.2) is 28.7 Å². The molecule has 8 heteroatoms. The summed E-state index contributed by atoms with van der Waals surface area (Å²) in [6, 6.07) is 6.97. The van der Waals surface area contributed by atoms with Crippen LogP contribution in [0.25, 0.3) is 11.3 Å². The standard InChI is InChI=1S/C20H21BrFN5O/c1-10-19(11(2)27(3)26-10)17-9-18(25-24-17)20(28)23-14-6-13(7-14)12-4-5-16(22)15(21)8-12/h4-5,8-9,13-14H,6-7H2,1-3H3,(H,23,28)(H,24,25). The van der Waals surface area contributed by atoms with Crippen LogP contribution in [0.4, 0.5) is 4.39 Å². The summed E-state index contributed by atoms with van der Waals surface area (Å²) in [5.41, 5.74) is 5.07. The zero-order valence-electron chi connectivity index (χ0n) is 15.9. The number of amides is 1. The lowest BCUT2D eigenvalue weighted by molar-refractivity contribution is 0.0904. The molecular formula is C20H21BrFN5O. The Morgan fingerprint density at radius 2 is 2.07 bits per heavy atom. The highest BCUT2D eigenvalue weighted by Gasteiger charge is 2.32. The van der Waals surface area contributed by atoms with E-state index in [1.54, 1.807) is 10.7 Å². The summed E-state index contributed by atoms with van der Waals surface area (Å²) in [6.45, 7) is 3.91. The number of nitrogens with zero attached hydrogens (tertiary/aromatic N) is 3. The van der Waals surface area contributed by atoms with Gasteiger partial charge in [-0.2, -0.15) is 10.2 Å². The third kappa shape index (κ3) is 3.37. The van der Waals surface area contributed by atoms with Crippen LogP contribution in [0.3, 0.4) is 0 Å². The molecular weight excluding hydrogens is 425 g/mol. The highest BCUT2D eigenvalue weighted by molar-refractivity contribution is 9.10. The van der Waals surface area contributed by atoms with Crippen molar-refractivity contribution in [2.45, 2.75) is 38.6 Å². The Balaban J connectivity index is 1.39. The monoisotopic (exact) mass is 445 g/mol. The number of rotatable bonds is 4. The van der Waals surface area contributed by atoms with Crippen molar-refractivity contribution in [3.63, 3.8) is 0 Å². The van der Waals surface area contributed by atoms with Gasteiger partial charge in [0.2, 0.25) is 0 Å². The Kier molecular flexibility index (Phi) is 4.82. The predicted molar refractivity (Wildman–Crippen MR) is 108 cm³/mol. The summed E-state index contributed by atoms with van der Waals surface area (Å²) in [7, 11) is 1.89. The van der Waals surface area contributed by atoms with Gasteiger partial charge in [0.15, 0.2) is 0 Å². The molecule has 146 valence electrons. The van der Waals surface area contributed by atoms with E-state index in [9.17, 15) is 9.18 Å². The second-order valence-electron chi connectivity index (χ2n) is 7.35. The number of carbonyl (C=O) groups is 1. The number of nitrogens with one attached hydrogen (secondary N) is 2. The first-order valence-electron chi connectivity index (χ1n) is 9.15. The minimum Gasteiger partial charge on any atom is -0.348 e. The van der Waals surface area contributed by atoms with E-state index in [0.717, 1.165) is 41.1 Å². The number of hydrogen-bond donors (Lipinski definition) is 2. The van der Waals surface area contributed by atoms with Gasteiger partial charge in [-0.15, -0.1) is 0 Å². The number of aromatic amines is 1. The highest BCUT2D eigenvalue weighted by Crippen LogP contribution is 2.38. The van der Waals surface area contributed by atoms with E-state index in [4.69, 9.17) is 0 Å². The fourth-order valence-corrected chi connectivity index (χ4v) is 4.14. The van der Waals surface area contributed by atoms with Crippen molar-refractivity contribution < 1.29 is 9.18 Å². The zero-order valence-corrected chi connectivity index (χ0v) is 17.5. The molecule has 3 aromatic rings. The lowest BCUT2D eigenvalue weighted by Gasteiger charge is -2.36. The minimum absolute atomic E-state index is 0.106. The Hall–Kier alpha value is -2.48. The fraction of sp³-hybridized carbons (Fsp3) is 0.350. The van der Waals surface area contributed by atoms with Crippen LogP contribution in [-0.2, 0) is 7.05 Å². The molecule has 0 unspecified atom stereocenters. The third-order valence-corrected chi connectivity index (χ3v) is 6.08. The van der Waals surface area contributed by atoms with Crippen LogP contribution < -0.4 is 5.32 Å². The van der Waals surface area contributed by atoms with E-state index >= 15 is 0 Å². The van der Waals surface area contributed by atoms with Crippen molar-refractivity contribution in [3.8, 4) is 11.3 Å². The van der Waals surface area contributed by atoms with E-state index < -0.39 is 0 Å². The normalized spacial score (nSPS) is 18.8. The first-order chi connectivity index (χ1) is 13.3. The number of aryl methyl sites for hydroxylation is 2. The molecule has 4 rings (SSSR count). The maximum absolute atomic E-state index is 13.4. The Bertz CT molecular complexity index is 1050. The molecule has 0 atom stereocenters. The molecule has 28 heavy (non-hydrogen) atoms. The fourth-order valence-electron chi connectivity index (χ4n) is 3.75. The quantitative estimate of drug-likeness (QED) is 0.636. The lowest BCUT2D eigenvalue weighted by Crippen LogP contribution is -2.43. The van der Waals surface area contributed by atoms with Gasteiger partial charge in [-0.3, -0.25) is 14.6 Å². The zero-order chi connectivity index (χ0) is 20.0. The SMILES string of the molecule is Cc1nn(C)c(C)c1-c1cc(C(=O)NC2CC(c3ccc(F)c(Br)c3)C2)[nH]n1. The number of aromatic nitrogens is 4. The summed E-state index contributed by atoms with van der Waals surface area (Å²) in [5, 5.41) is 14.6. The molecule has 1 amide bonds. The number of halogens is 2. The topological polar surface area (TPSA) is 75.6 Å². The first-order valence-corrected chi connectivity index (χ1v) is 9.94. The average Bonchev–Trinajstić information content (AvgIpc) is 3.18. The third-order valence-electron chi connectivity index (χ3n) is 5.48. The van der Waals surface area contributed by atoms with E-state index in [1.165, 1.54) is 6.07 Å². The Morgan fingerprint density at radius 3 is 2.71 bits per heavy atom. The second-order valence-corrected chi connectivity index (χ2v) is 8.20. The molecule has 0 bridgehead atoms. The number of benzene rings is 1. The van der Waals surface area contributed by atoms with Crippen molar-refractivity contribution in [3.05, 3.63) is 57.2 Å². The first kappa shape index (κ1) is 18.9. The van der Waals surface area contributed by atoms with Crippen molar-refractivity contribution in [2.75, 3.05) is 0 Å². The van der Waals surface area contributed by atoms with Crippen LogP contribution in [-0.4, -0.2) is 31.9 Å². The van der Waals surface area contributed by atoms with Crippen LogP contribution in [0.1, 0.15) is 46.2 Å². The van der Waals surface area contributed by atoms with Gasteiger partial charge in [0.05, 0.1) is 15.9 Å². The maximum Gasteiger partial charge on any atom is 0.269 e. The van der Waals surface area contributed by atoms with Crippen LogP contribution in [0.2, 0.25) is 0 Å². The van der Waals surface area contributed by atoms with Crippen molar-refractivity contribution in [2.24, 2.45) is 7.05 Å². The summed E-state index contributed by atoms with van der Waals surface area (Å²) in [4.78, 5) is 12.5. The number of carbonyl (C=O) groups excluding carboxylic acids is 1. The van der Waals surface area contributed by atoms with Gasteiger partial charge >= 0.3 is 0 Å². The van der Waals surface area contributed by atoms with E-state index in [1.807, 2.05) is 33.0 Å². The molecule has 6 nitrogen and oxygen atoms in total. The Labute approximate surface area is 170 Å². The molecule has 0 saturated heterocycles. The molecule has 0 aliphatic heterocycles. The van der Waals surface area contributed by atoms with Gasteiger partial charge in [0.25, 0.3) is 5.91 Å². The summed E-state index contributed by atoms with van der Waals surface area (Å²) in [5.74, 6) is -0.0935. The van der Waals surface area contributed by atoms with Crippen molar-refractivity contribution >= 4 is 21.8 Å². The smallest absolute Gasteiger partial charge is 0.269 e. The summed E-state index contributed by atoms with van der Waals surface area (Å²) < 4.78 is 15.7. The Morgan fingerprint density at radius 1 is 1.32 bits per heavy atom. The van der Waals surface area contributed by atoms with Gasteiger partial charge < -0.3 is 5.32 Å². The largest absolute Gasteiger partial charge is 0.348 e. The van der Waals surface area contributed by atoms with E-state index in [2.05, 4.69) is 36.5 Å². The summed E-state index contributed by atoms with van der Waals surface area (Å²) >= 11 is 3.22. The molecule has 0 spiro atoms. The molecule has 1 aromatic carbocycles. The van der Waals surface area contributed by atoms with Gasteiger partial charge in [-0.25, -0.2) is 4.39 Å². The van der Waals surface area contributed by atoms with Gasteiger partial charge in [-0.05, 0) is 72.3 Å². The molecule has 1 fully saturated rings. The predicted octanol–water partition coefficient (Wildman–Crippen LogP) is 4.00. The second kappa shape index (κ2) is 7.16. The maximum atomic E-state index is 13.4. The van der Waals surface area contributed by atoms with Gasteiger partial charge in [0.1, 0.15) is 11.5 Å². The van der Waals surface area contributed by atoms with E-state index in [-0.39, 0.29) is 17.8 Å². The molecule has 2 aromatic heterocycles. The van der Waals surface area contributed by atoms with Crippen molar-refractivity contribution in [1.29, 1.82) is 0 Å². The molecule has 1 aliphatic rings. The van der Waals surface area contributed by atoms with Crippen LogP contribution in [0, 0.1) is 19.7 Å². The van der Waals surface area contributed by atoms with Crippen LogP contribution in [0.5, 0.6) is 0 Å². The van der Waals surface area contributed by atoms with E-state index in [0.29, 0.717) is 16.1 Å². The number of H-pyrrole nitrogens is 1. The summed E-state index contributed by atoms with van der Waals surface area (Å²) in [6.07, 6.45) is 1.68. The van der Waals surface area contributed by atoms with Gasteiger partial charge in [0, 0.05) is 24.3 Å². The highest BCUT2D eigenvalue weighted by atomic mass is 79.9. The molecule has 2 N–H and O–H groups in total. The van der Waals surface area contributed by atoms with Crippen LogP contribution >= 0.6 is 15.9 Å². The lowest BCUT2D eigenvalue weighted by atomic mass is 9.76. The van der Waals surface area contributed by atoms with Crippen molar-refractivity contribution in [1.82, 2.24) is 25.3 Å². The average molecular weight is 446 g/mol.